The molecule has 4 heteroatoms. The second-order valence-corrected chi connectivity index (χ2v) is 6.53. The van der Waals surface area contributed by atoms with E-state index in [4.69, 9.17) is 0 Å². The lowest BCUT2D eigenvalue weighted by Crippen LogP contribution is -2.18. The molecular weight excluding hydrogens is 278 g/mol. The number of hydrogen-bond donors (Lipinski definition) is 2. The number of imidazole rings is 1. The Morgan fingerprint density at radius 1 is 1.41 bits per heavy atom. The molecule has 3 unspecified atom stereocenters. The number of piperidine rings is 1. The highest BCUT2D eigenvalue weighted by Crippen LogP contribution is 2.57. The van der Waals surface area contributed by atoms with E-state index in [-0.39, 0.29) is 0 Å². The predicted molar refractivity (Wildman–Crippen MR) is 70.8 cm³/mol. The second kappa shape index (κ2) is 3.12. The number of nitrogens with one attached hydrogen (secondary N) is 2. The van der Waals surface area contributed by atoms with Crippen LogP contribution < -0.4 is 5.32 Å². The zero-order valence-electron chi connectivity index (χ0n) is 9.63. The van der Waals surface area contributed by atoms with E-state index < -0.39 is 0 Å². The number of fused-ring (bicyclic) bond motifs is 2. The first kappa shape index (κ1) is 10.1. The summed E-state index contributed by atoms with van der Waals surface area (Å²) in [6.07, 6.45) is 2.54. The maximum absolute atomic E-state index is 4.68. The van der Waals surface area contributed by atoms with E-state index >= 15 is 0 Å². The van der Waals surface area contributed by atoms with E-state index in [1.807, 2.05) is 6.07 Å². The third-order valence-electron chi connectivity index (χ3n) is 4.22. The molecule has 17 heavy (non-hydrogen) atoms. The van der Waals surface area contributed by atoms with E-state index in [2.05, 4.69) is 50.3 Å². The Morgan fingerprint density at radius 3 is 3.06 bits per heavy atom. The van der Waals surface area contributed by atoms with Gasteiger partial charge in [-0.1, -0.05) is 22.9 Å². The Kier molecular flexibility index (Phi) is 1.85. The molecule has 3 nitrogen and oxygen atoms in total. The second-order valence-electron chi connectivity index (χ2n) is 5.62. The van der Waals surface area contributed by atoms with Gasteiger partial charge in [-0.15, -0.1) is 0 Å². The number of nitrogens with zero attached hydrogens (tertiary/aromatic N) is 1. The van der Waals surface area contributed by atoms with Gasteiger partial charge in [-0.2, -0.15) is 0 Å². The van der Waals surface area contributed by atoms with Crippen LogP contribution in [0.1, 0.15) is 31.6 Å². The average Bonchev–Trinajstić information content (AvgIpc) is 2.68. The molecule has 1 aromatic carbocycles. The number of halogens is 1. The van der Waals surface area contributed by atoms with Crippen LogP contribution in [0.15, 0.2) is 22.7 Å². The summed E-state index contributed by atoms with van der Waals surface area (Å²) in [4.78, 5) is 8.12. The summed E-state index contributed by atoms with van der Waals surface area (Å²) < 4.78 is 1.09. The van der Waals surface area contributed by atoms with Crippen molar-refractivity contribution in [2.24, 2.45) is 5.41 Å². The van der Waals surface area contributed by atoms with Crippen LogP contribution in [0, 0.1) is 5.41 Å². The Hall–Kier alpha value is -0.870. The molecule has 88 valence electrons. The predicted octanol–water partition coefficient (Wildman–Crippen LogP) is 3.14. The molecule has 1 saturated carbocycles. The van der Waals surface area contributed by atoms with E-state index in [9.17, 15) is 0 Å². The fourth-order valence-electron chi connectivity index (χ4n) is 3.00. The van der Waals surface area contributed by atoms with Gasteiger partial charge in [0.25, 0.3) is 0 Å². The van der Waals surface area contributed by atoms with Crippen molar-refractivity contribution in [1.82, 2.24) is 15.3 Å². The van der Waals surface area contributed by atoms with Gasteiger partial charge in [0.05, 0.1) is 17.1 Å². The molecule has 1 aromatic heterocycles. The van der Waals surface area contributed by atoms with E-state index in [1.54, 1.807) is 0 Å². The third-order valence-corrected chi connectivity index (χ3v) is 4.71. The Balaban J connectivity index is 1.72. The molecule has 1 saturated heterocycles. The molecule has 4 rings (SSSR count). The van der Waals surface area contributed by atoms with Gasteiger partial charge in [-0.25, -0.2) is 4.98 Å². The van der Waals surface area contributed by atoms with E-state index in [0.29, 0.717) is 17.5 Å². The summed E-state index contributed by atoms with van der Waals surface area (Å²) in [6, 6.07) is 7.30. The van der Waals surface area contributed by atoms with Crippen LogP contribution in [-0.4, -0.2) is 16.0 Å². The van der Waals surface area contributed by atoms with Crippen LogP contribution >= 0.6 is 15.9 Å². The molecule has 2 fully saturated rings. The van der Waals surface area contributed by atoms with Crippen molar-refractivity contribution in [2.75, 3.05) is 0 Å². The molecule has 0 bridgehead atoms. The molecule has 2 aliphatic rings. The number of hydrogen-bond acceptors (Lipinski definition) is 2. The molecule has 3 atom stereocenters. The summed E-state index contributed by atoms with van der Waals surface area (Å²) >= 11 is 3.49. The smallest absolute Gasteiger partial charge is 0.124 e. The fourth-order valence-corrected chi connectivity index (χ4v) is 3.36. The zero-order chi connectivity index (χ0) is 11.6. The summed E-state index contributed by atoms with van der Waals surface area (Å²) in [5.41, 5.74) is 2.70. The van der Waals surface area contributed by atoms with Crippen molar-refractivity contribution < 1.29 is 0 Å². The van der Waals surface area contributed by atoms with Crippen molar-refractivity contribution in [1.29, 1.82) is 0 Å². The summed E-state index contributed by atoms with van der Waals surface area (Å²) in [5, 5.41) is 3.65. The quantitative estimate of drug-likeness (QED) is 0.847. The molecular formula is C13H14BrN3. The molecule has 0 radical (unpaired) electrons. The molecule has 0 spiro atoms. The first-order valence-electron chi connectivity index (χ1n) is 6.05. The molecule has 2 N–H and O–H groups in total. The molecule has 1 aliphatic carbocycles. The van der Waals surface area contributed by atoms with Crippen LogP contribution in [0.3, 0.4) is 0 Å². The van der Waals surface area contributed by atoms with Gasteiger partial charge >= 0.3 is 0 Å². The van der Waals surface area contributed by atoms with Crippen LogP contribution in [0.2, 0.25) is 0 Å². The van der Waals surface area contributed by atoms with Crippen molar-refractivity contribution in [2.45, 2.75) is 31.8 Å². The highest BCUT2D eigenvalue weighted by Gasteiger charge is 2.57. The summed E-state index contributed by atoms with van der Waals surface area (Å²) in [5.74, 6) is 1.09. The topological polar surface area (TPSA) is 40.7 Å². The van der Waals surface area contributed by atoms with Gasteiger partial charge in [0, 0.05) is 10.5 Å². The summed E-state index contributed by atoms with van der Waals surface area (Å²) in [6.45, 7) is 2.36. The molecule has 2 heterocycles. The fraction of sp³-hybridized carbons (Fsp3) is 0.462. The lowest BCUT2D eigenvalue weighted by molar-refractivity contribution is 0.489. The van der Waals surface area contributed by atoms with Crippen LogP contribution in [-0.2, 0) is 0 Å². The minimum Gasteiger partial charge on any atom is -0.341 e. The van der Waals surface area contributed by atoms with Crippen LogP contribution in [0.25, 0.3) is 11.0 Å². The van der Waals surface area contributed by atoms with Crippen molar-refractivity contribution in [3.63, 3.8) is 0 Å². The Labute approximate surface area is 108 Å². The van der Waals surface area contributed by atoms with Crippen molar-refractivity contribution in [3.05, 3.63) is 28.5 Å². The van der Waals surface area contributed by atoms with E-state index in [0.717, 1.165) is 21.3 Å². The number of aromatic amines is 1. The van der Waals surface area contributed by atoms with Gasteiger partial charge < -0.3 is 10.3 Å². The number of H-pyrrole nitrogens is 1. The maximum atomic E-state index is 4.68. The SMILES string of the molecule is CC12CC(c3nc4ccc(Br)cc4[nH]3)NC1C2. The van der Waals surface area contributed by atoms with Gasteiger partial charge in [0.2, 0.25) is 0 Å². The highest BCUT2D eigenvalue weighted by atomic mass is 79.9. The Morgan fingerprint density at radius 2 is 2.29 bits per heavy atom. The minimum absolute atomic E-state index is 0.407. The monoisotopic (exact) mass is 291 g/mol. The average molecular weight is 292 g/mol. The molecule has 2 aromatic rings. The standard InChI is InChI=1S/C13H14BrN3/c1-13-5-10(15-11(13)6-13)12-16-8-3-2-7(14)4-9(8)17-12/h2-4,10-11,15H,5-6H2,1H3,(H,16,17). The first-order chi connectivity index (χ1) is 8.14. The zero-order valence-corrected chi connectivity index (χ0v) is 11.2. The van der Waals surface area contributed by atoms with Gasteiger partial charge in [0.15, 0.2) is 0 Å². The Bertz CT molecular complexity index is 606. The molecule has 0 amide bonds. The minimum atomic E-state index is 0.407. The first-order valence-corrected chi connectivity index (χ1v) is 6.85. The number of rotatable bonds is 1. The van der Waals surface area contributed by atoms with E-state index in [1.165, 1.54) is 12.8 Å². The van der Waals surface area contributed by atoms with Crippen molar-refractivity contribution >= 4 is 27.0 Å². The van der Waals surface area contributed by atoms with Gasteiger partial charge in [-0.3, -0.25) is 0 Å². The van der Waals surface area contributed by atoms with Crippen LogP contribution in [0.4, 0.5) is 0 Å². The summed E-state index contributed by atoms with van der Waals surface area (Å²) in [7, 11) is 0. The van der Waals surface area contributed by atoms with Crippen LogP contribution in [0.5, 0.6) is 0 Å². The lowest BCUT2D eigenvalue weighted by Gasteiger charge is -2.10. The number of aromatic nitrogens is 2. The van der Waals surface area contributed by atoms with Crippen molar-refractivity contribution in [3.8, 4) is 0 Å². The third kappa shape index (κ3) is 1.47. The van der Waals surface area contributed by atoms with Gasteiger partial charge in [-0.05, 0) is 36.5 Å². The normalized spacial score (nSPS) is 35.2. The maximum Gasteiger partial charge on any atom is 0.124 e. The lowest BCUT2D eigenvalue weighted by atomic mass is 10.0. The molecule has 1 aliphatic heterocycles. The van der Waals surface area contributed by atoms with Gasteiger partial charge in [0.1, 0.15) is 5.82 Å². The number of benzene rings is 1. The highest BCUT2D eigenvalue weighted by molar-refractivity contribution is 9.10. The largest absolute Gasteiger partial charge is 0.341 e.